The number of halogens is 1. The highest BCUT2D eigenvalue weighted by Crippen LogP contribution is 2.20. The summed E-state index contributed by atoms with van der Waals surface area (Å²) in [5.41, 5.74) is 1.19. The molecule has 1 unspecified atom stereocenters. The predicted octanol–water partition coefficient (Wildman–Crippen LogP) is 1.16. The lowest BCUT2D eigenvalue weighted by molar-refractivity contribution is -0.159. The first-order valence-corrected chi connectivity index (χ1v) is 5.92. The Bertz CT molecular complexity index is 416. The van der Waals surface area contributed by atoms with Crippen LogP contribution in [0.4, 0.5) is 0 Å². The van der Waals surface area contributed by atoms with Gasteiger partial charge in [0.05, 0.1) is 12.7 Å². The van der Waals surface area contributed by atoms with Gasteiger partial charge in [-0.05, 0) is 17.7 Å². The Morgan fingerprint density at radius 2 is 1.79 bits per heavy atom. The zero-order chi connectivity index (χ0) is 14.3. The molecule has 19 heavy (non-hydrogen) atoms. The van der Waals surface area contributed by atoms with Crippen LogP contribution in [0.5, 0.6) is 0 Å². The smallest absolute Gasteiger partial charge is 0.414 e. The molecule has 0 amide bonds. The van der Waals surface area contributed by atoms with Gasteiger partial charge in [-0.2, -0.15) is 0 Å². The van der Waals surface area contributed by atoms with Gasteiger partial charge in [-0.1, -0.05) is 23.7 Å². The third-order valence-electron chi connectivity index (χ3n) is 2.35. The lowest BCUT2D eigenvalue weighted by Crippen LogP contribution is -2.33. The van der Waals surface area contributed by atoms with E-state index in [9.17, 15) is 0 Å². The molecule has 6 nitrogen and oxygen atoms in total. The van der Waals surface area contributed by atoms with Gasteiger partial charge in [0.25, 0.3) is 0 Å². The molecule has 0 saturated carbocycles. The molecule has 2 rings (SSSR count). The summed E-state index contributed by atoms with van der Waals surface area (Å²) in [5.74, 6) is -3.65. The number of hydrogen-bond donors (Lipinski definition) is 3. The largest absolute Gasteiger partial charge is 0.473 e. The molecule has 1 aromatic rings. The van der Waals surface area contributed by atoms with Gasteiger partial charge in [0.1, 0.15) is 0 Å². The highest BCUT2D eigenvalue weighted by molar-refractivity contribution is 6.30. The standard InChI is InChI=1S/C10H12ClNO.C2H2O4/c11-9-3-1-8(2-4-9)10-7-12-5-6-13-10;3-1(4)2(5)6/h1-4,10,12H,5-7H2;(H,3,4)(H,5,6). The van der Waals surface area contributed by atoms with E-state index in [0.717, 1.165) is 24.7 Å². The molecule has 0 aromatic heterocycles. The van der Waals surface area contributed by atoms with Crippen molar-refractivity contribution in [1.29, 1.82) is 0 Å². The Morgan fingerprint density at radius 1 is 1.21 bits per heavy atom. The maximum absolute atomic E-state index is 9.10. The molecular weight excluding hydrogens is 274 g/mol. The Labute approximate surface area is 114 Å². The first-order valence-electron chi connectivity index (χ1n) is 5.54. The fraction of sp³-hybridized carbons (Fsp3) is 0.333. The maximum atomic E-state index is 9.10. The van der Waals surface area contributed by atoms with Crippen LogP contribution < -0.4 is 5.32 Å². The lowest BCUT2D eigenvalue weighted by Gasteiger charge is -2.23. The number of rotatable bonds is 1. The Morgan fingerprint density at radius 3 is 2.21 bits per heavy atom. The lowest BCUT2D eigenvalue weighted by atomic mass is 10.1. The summed E-state index contributed by atoms with van der Waals surface area (Å²) >= 11 is 5.79. The van der Waals surface area contributed by atoms with Crippen LogP contribution in [0.25, 0.3) is 0 Å². The predicted molar refractivity (Wildman–Crippen MR) is 68.3 cm³/mol. The van der Waals surface area contributed by atoms with Gasteiger partial charge in [0.2, 0.25) is 0 Å². The monoisotopic (exact) mass is 287 g/mol. The summed E-state index contributed by atoms with van der Waals surface area (Å²) in [6.45, 7) is 2.62. The van der Waals surface area contributed by atoms with Gasteiger partial charge < -0.3 is 20.3 Å². The molecule has 1 saturated heterocycles. The molecule has 7 heteroatoms. The number of carboxylic acid groups (broad SMARTS) is 2. The minimum absolute atomic E-state index is 0.186. The van der Waals surface area contributed by atoms with E-state index < -0.39 is 11.9 Å². The van der Waals surface area contributed by atoms with E-state index in [1.165, 1.54) is 5.56 Å². The molecule has 0 aliphatic carbocycles. The number of morpholine rings is 1. The average Bonchev–Trinajstić information content (AvgIpc) is 2.41. The molecule has 1 aliphatic heterocycles. The molecular formula is C12H14ClNO5. The van der Waals surface area contributed by atoms with E-state index in [1.807, 2.05) is 24.3 Å². The number of nitrogens with one attached hydrogen (secondary N) is 1. The number of aliphatic carboxylic acids is 2. The minimum atomic E-state index is -1.82. The molecule has 0 spiro atoms. The van der Waals surface area contributed by atoms with Crippen LogP contribution in [0.1, 0.15) is 11.7 Å². The fourth-order valence-corrected chi connectivity index (χ4v) is 1.58. The van der Waals surface area contributed by atoms with Gasteiger partial charge in [0, 0.05) is 18.1 Å². The summed E-state index contributed by atoms with van der Waals surface area (Å²) in [4.78, 5) is 18.2. The number of benzene rings is 1. The number of carboxylic acids is 2. The highest BCUT2D eigenvalue weighted by Gasteiger charge is 2.14. The molecule has 1 atom stereocenters. The van der Waals surface area contributed by atoms with Crippen LogP contribution in [-0.2, 0) is 14.3 Å². The second-order valence-corrected chi connectivity index (χ2v) is 4.16. The summed E-state index contributed by atoms with van der Waals surface area (Å²) < 4.78 is 5.60. The number of carbonyl (C=O) groups is 2. The molecule has 1 aliphatic rings. The Kier molecular flexibility index (Phi) is 6.27. The average molecular weight is 288 g/mol. The van der Waals surface area contributed by atoms with E-state index in [2.05, 4.69) is 5.32 Å². The molecule has 1 fully saturated rings. The van der Waals surface area contributed by atoms with Crippen molar-refractivity contribution in [2.45, 2.75) is 6.10 Å². The van der Waals surface area contributed by atoms with E-state index in [1.54, 1.807) is 0 Å². The van der Waals surface area contributed by atoms with Crippen LogP contribution >= 0.6 is 11.6 Å². The number of hydrogen-bond acceptors (Lipinski definition) is 4. The van der Waals surface area contributed by atoms with Crippen LogP contribution in [0.15, 0.2) is 24.3 Å². The second-order valence-electron chi connectivity index (χ2n) is 3.73. The summed E-state index contributed by atoms with van der Waals surface area (Å²) in [6, 6.07) is 7.82. The van der Waals surface area contributed by atoms with E-state index in [-0.39, 0.29) is 6.10 Å². The van der Waals surface area contributed by atoms with Crippen molar-refractivity contribution < 1.29 is 24.5 Å². The summed E-state index contributed by atoms with van der Waals surface area (Å²) in [5, 5.41) is 18.8. The quantitative estimate of drug-likeness (QED) is 0.671. The molecule has 1 aromatic carbocycles. The van der Waals surface area contributed by atoms with Crippen molar-refractivity contribution in [2.75, 3.05) is 19.7 Å². The molecule has 0 radical (unpaired) electrons. The third-order valence-corrected chi connectivity index (χ3v) is 2.60. The summed E-state index contributed by atoms with van der Waals surface area (Å²) in [7, 11) is 0. The summed E-state index contributed by atoms with van der Waals surface area (Å²) in [6.07, 6.45) is 0.186. The van der Waals surface area contributed by atoms with Crippen LogP contribution in [0.3, 0.4) is 0 Å². The van der Waals surface area contributed by atoms with Gasteiger partial charge in [-0.15, -0.1) is 0 Å². The van der Waals surface area contributed by atoms with Gasteiger partial charge in [-0.25, -0.2) is 9.59 Å². The molecule has 0 bridgehead atoms. The first kappa shape index (κ1) is 15.4. The van der Waals surface area contributed by atoms with E-state index in [0.29, 0.717) is 0 Å². The molecule has 3 N–H and O–H groups in total. The van der Waals surface area contributed by atoms with Gasteiger partial charge in [0.15, 0.2) is 0 Å². The first-order chi connectivity index (χ1) is 9.00. The van der Waals surface area contributed by atoms with E-state index in [4.69, 9.17) is 36.1 Å². The third kappa shape index (κ3) is 5.69. The van der Waals surface area contributed by atoms with Crippen molar-refractivity contribution in [1.82, 2.24) is 5.32 Å². The van der Waals surface area contributed by atoms with Crippen molar-refractivity contribution in [3.05, 3.63) is 34.9 Å². The SMILES string of the molecule is Clc1ccc(C2CNCCO2)cc1.O=C(O)C(=O)O. The van der Waals surface area contributed by atoms with Crippen LogP contribution in [0.2, 0.25) is 5.02 Å². The zero-order valence-electron chi connectivity index (χ0n) is 10.0. The van der Waals surface area contributed by atoms with Crippen LogP contribution in [-0.4, -0.2) is 41.8 Å². The normalized spacial score (nSPS) is 18.1. The zero-order valence-corrected chi connectivity index (χ0v) is 10.8. The topological polar surface area (TPSA) is 95.9 Å². The Balaban J connectivity index is 0.000000258. The fourth-order valence-electron chi connectivity index (χ4n) is 1.46. The second kappa shape index (κ2) is 7.73. The minimum Gasteiger partial charge on any atom is -0.473 e. The highest BCUT2D eigenvalue weighted by atomic mass is 35.5. The van der Waals surface area contributed by atoms with Crippen molar-refractivity contribution in [3.63, 3.8) is 0 Å². The van der Waals surface area contributed by atoms with Gasteiger partial charge >= 0.3 is 11.9 Å². The van der Waals surface area contributed by atoms with Crippen LogP contribution in [0, 0.1) is 0 Å². The van der Waals surface area contributed by atoms with Gasteiger partial charge in [-0.3, -0.25) is 0 Å². The van der Waals surface area contributed by atoms with Crippen molar-refractivity contribution in [2.24, 2.45) is 0 Å². The number of ether oxygens (including phenoxy) is 1. The Hall–Kier alpha value is -1.63. The van der Waals surface area contributed by atoms with Crippen molar-refractivity contribution >= 4 is 23.5 Å². The molecule has 104 valence electrons. The van der Waals surface area contributed by atoms with E-state index >= 15 is 0 Å². The molecule has 1 heterocycles. The van der Waals surface area contributed by atoms with Crippen molar-refractivity contribution in [3.8, 4) is 0 Å². The maximum Gasteiger partial charge on any atom is 0.414 e.